The normalized spacial score (nSPS) is 39.0. The van der Waals surface area contributed by atoms with Crippen LogP contribution in [0.3, 0.4) is 0 Å². The van der Waals surface area contributed by atoms with Crippen LogP contribution in [0.4, 0.5) is 0 Å². The Bertz CT molecular complexity index is 572. The summed E-state index contributed by atoms with van der Waals surface area (Å²) in [6.45, 7) is 24.1. The topological polar surface area (TPSA) is 46.2 Å². The van der Waals surface area contributed by atoms with Crippen molar-refractivity contribution in [2.24, 2.45) is 11.8 Å². The van der Waals surface area contributed by atoms with Crippen molar-refractivity contribution in [3.8, 4) is 0 Å². The van der Waals surface area contributed by atoms with Gasteiger partial charge in [-0.15, -0.1) is 0 Å². The van der Waals surface area contributed by atoms with Crippen LogP contribution < -0.4 is 0 Å². The van der Waals surface area contributed by atoms with Gasteiger partial charge in [-0.2, -0.15) is 0 Å². The van der Waals surface area contributed by atoms with Crippen LogP contribution in [0.25, 0.3) is 0 Å². The van der Waals surface area contributed by atoms with E-state index < -0.39 is 22.9 Å². The van der Waals surface area contributed by atoms with Crippen LogP contribution in [0.1, 0.15) is 82.1 Å². The third-order valence-corrected chi connectivity index (χ3v) is 18.3. The lowest BCUT2D eigenvalue weighted by molar-refractivity contribution is -0.322. The van der Waals surface area contributed by atoms with E-state index in [1.165, 1.54) is 0 Å². The largest absolute Gasteiger partial charge is 0.414 e. The predicted molar refractivity (Wildman–Crippen MR) is 125 cm³/mol. The molecule has 3 aliphatic heterocycles. The molecule has 0 aliphatic carbocycles. The van der Waals surface area contributed by atoms with Crippen molar-refractivity contribution in [1.29, 1.82) is 0 Å². The molecule has 3 saturated heterocycles. The molecule has 1 spiro atoms. The second kappa shape index (κ2) is 8.88. The van der Waals surface area contributed by atoms with Crippen LogP contribution in [0.5, 0.6) is 0 Å². The highest BCUT2D eigenvalue weighted by Crippen LogP contribution is 2.51. The van der Waals surface area contributed by atoms with Gasteiger partial charge in [0.05, 0.1) is 19.3 Å². The monoisotopic (exact) mass is 458 g/mol. The minimum atomic E-state index is -2.60. The average Bonchev–Trinajstić information content (AvgIpc) is 3.11. The van der Waals surface area contributed by atoms with E-state index in [2.05, 4.69) is 69.2 Å². The van der Waals surface area contributed by atoms with Gasteiger partial charge in [0, 0.05) is 12.3 Å². The Morgan fingerprint density at radius 3 is 1.87 bits per heavy atom. The van der Waals surface area contributed by atoms with Gasteiger partial charge in [0.15, 0.2) is 5.79 Å². The summed E-state index contributed by atoms with van der Waals surface area (Å²) >= 11 is 0. The van der Waals surface area contributed by atoms with Crippen molar-refractivity contribution in [2.45, 2.75) is 122 Å². The van der Waals surface area contributed by atoms with Crippen LogP contribution in [0.15, 0.2) is 0 Å². The summed E-state index contributed by atoms with van der Waals surface area (Å²) < 4.78 is 34.5. The first kappa shape index (κ1) is 24.9. The Kier molecular flexibility index (Phi) is 7.36. The predicted octanol–water partition coefficient (Wildman–Crippen LogP) is 6.12. The number of rotatable bonds is 4. The maximum atomic E-state index is 7.31. The van der Waals surface area contributed by atoms with Crippen molar-refractivity contribution in [2.75, 3.05) is 13.2 Å². The summed E-state index contributed by atoms with van der Waals surface area (Å²) in [6, 6.07) is 0. The lowest BCUT2D eigenvalue weighted by Gasteiger charge is -2.57. The van der Waals surface area contributed by atoms with Gasteiger partial charge >= 0.3 is 17.1 Å². The molecule has 0 N–H and O–H groups in total. The van der Waals surface area contributed by atoms with E-state index in [4.69, 9.17) is 22.4 Å². The fourth-order valence-corrected chi connectivity index (χ4v) is 17.3. The summed E-state index contributed by atoms with van der Waals surface area (Å²) in [5.41, 5.74) is 1.37. The second-order valence-electron chi connectivity index (χ2n) is 11.1. The van der Waals surface area contributed by atoms with E-state index in [0.717, 1.165) is 19.4 Å². The molecule has 5 atom stereocenters. The Balaban J connectivity index is 2.07. The van der Waals surface area contributed by atoms with Crippen LogP contribution in [0, 0.1) is 11.8 Å². The van der Waals surface area contributed by atoms with Gasteiger partial charge in [-0.3, -0.25) is 0 Å². The molecule has 0 aromatic heterocycles. The first-order valence-electron chi connectivity index (χ1n) is 12.3. The molecule has 3 aliphatic rings. The lowest BCUT2D eigenvalue weighted by atomic mass is 9.78. The summed E-state index contributed by atoms with van der Waals surface area (Å²) in [5.74, 6) is 0.127. The molecule has 7 heteroatoms. The van der Waals surface area contributed by atoms with Crippen LogP contribution >= 0.6 is 0 Å². The molecule has 3 fully saturated rings. The Morgan fingerprint density at radius 1 is 0.833 bits per heavy atom. The van der Waals surface area contributed by atoms with Gasteiger partial charge < -0.3 is 22.4 Å². The number of hydrogen-bond acceptors (Lipinski definition) is 5. The Hall–Kier alpha value is 0.234. The van der Waals surface area contributed by atoms with E-state index in [1.807, 2.05) is 0 Å². The van der Waals surface area contributed by atoms with Crippen LogP contribution in [-0.4, -0.2) is 48.3 Å². The Labute approximate surface area is 187 Å². The van der Waals surface area contributed by atoms with Crippen molar-refractivity contribution in [3.05, 3.63) is 0 Å². The summed E-state index contributed by atoms with van der Waals surface area (Å²) in [7, 11) is -5.13. The highest BCUT2D eigenvalue weighted by atomic mass is 28.5. The third kappa shape index (κ3) is 3.90. The molecular weight excluding hydrogens is 412 g/mol. The molecule has 0 aromatic carbocycles. The molecule has 0 saturated carbocycles. The highest BCUT2D eigenvalue weighted by molar-refractivity contribution is 6.83. The zero-order valence-corrected chi connectivity index (χ0v) is 23.0. The standard InChI is InChI=1S/C23H46O5Si2/c1-15(2)29(16(3)4)25-14-21-22(27-30(28-29,17(5)6)18(7)8)19(9)20(10)23(26-21)12-11-13-24-23/h15-22H,11-14H2,1-10H3/t19-,20-,21-,22+,23+/m0/s1. The van der Waals surface area contributed by atoms with Crippen molar-refractivity contribution < 1.29 is 22.4 Å². The van der Waals surface area contributed by atoms with Crippen LogP contribution in [-0.2, 0) is 22.4 Å². The number of hydrogen-bond donors (Lipinski definition) is 0. The van der Waals surface area contributed by atoms with Crippen LogP contribution in [0.2, 0.25) is 22.2 Å². The summed E-state index contributed by atoms with van der Waals surface area (Å²) in [6.07, 6.45) is 1.91. The fourth-order valence-electron chi connectivity index (χ4n) is 5.99. The fraction of sp³-hybridized carbons (Fsp3) is 1.00. The van der Waals surface area contributed by atoms with Gasteiger partial charge in [-0.25, -0.2) is 0 Å². The molecule has 0 unspecified atom stereocenters. The highest BCUT2D eigenvalue weighted by Gasteiger charge is 2.62. The number of fused-ring (bicyclic) bond motifs is 1. The van der Waals surface area contributed by atoms with Gasteiger partial charge in [0.2, 0.25) is 0 Å². The maximum absolute atomic E-state index is 7.31. The first-order chi connectivity index (χ1) is 13.9. The van der Waals surface area contributed by atoms with Crippen molar-refractivity contribution in [3.63, 3.8) is 0 Å². The molecule has 0 aromatic rings. The summed E-state index contributed by atoms with van der Waals surface area (Å²) in [4.78, 5) is 0. The summed E-state index contributed by atoms with van der Waals surface area (Å²) in [5, 5.41) is 0. The van der Waals surface area contributed by atoms with Gasteiger partial charge in [0.1, 0.15) is 6.10 Å². The zero-order valence-electron chi connectivity index (χ0n) is 21.0. The van der Waals surface area contributed by atoms with E-state index in [-0.39, 0.29) is 18.1 Å². The minimum absolute atomic E-state index is 0.0161. The maximum Gasteiger partial charge on any atom is 0.335 e. The van der Waals surface area contributed by atoms with E-state index in [1.54, 1.807) is 0 Å². The van der Waals surface area contributed by atoms with Gasteiger partial charge in [-0.05, 0) is 34.5 Å². The molecule has 30 heavy (non-hydrogen) atoms. The molecule has 176 valence electrons. The molecule has 0 bridgehead atoms. The number of ether oxygens (including phenoxy) is 2. The van der Waals surface area contributed by atoms with Gasteiger partial charge in [0.25, 0.3) is 0 Å². The molecular formula is C23H46O5Si2. The van der Waals surface area contributed by atoms with Crippen molar-refractivity contribution in [1.82, 2.24) is 0 Å². The molecule has 3 heterocycles. The zero-order chi connectivity index (χ0) is 22.5. The van der Waals surface area contributed by atoms with E-state index in [0.29, 0.717) is 34.7 Å². The minimum Gasteiger partial charge on any atom is -0.414 e. The molecule has 0 amide bonds. The smallest absolute Gasteiger partial charge is 0.335 e. The van der Waals surface area contributed by atoms with E-state index in [9.17, 15) is 0 Å². The van der Waals surface area contributed by atoms with Gasteiger partial charge in [-0.1, -0.05) is 69.2 Å². The molecule has 5 nitrogen and oxygen atoms in total. The van der Waals surface area contributed by atoms with Crippen molar-refractivity contribution >= 4 is 17.1 Å². The molecule has 3 rings (SSSR count). The Morgan fingerprint density at radius 2 is 1.40 bits per heavy atom. The quantitative estimate of drug-likeness (QED) is 0.475. The lowest BCUT2D eigenvalue weighted by Crippen LogP contribution is -2.69. The molecule has 0 radical (unpaired) electrons. The SMILES string of the molecule is CC(C)[Si]1(C(C)C)OC[C@@H]2O[C@]3(CCCO3)[C@@H](C)[C@H](C)[C@H]2O[Si](C(C)C)(C(C)C)O1. The first-order valence-corrected chi connectivity index (χ1v) is 16.2. The second-order valence-corrected chi connectivity index (χ2v) is 20.0. The third-order valence-electron chi connectivity index (χ3n) is 8.07. The van der Waals surface area contributed by atoms with E-state index >= 15 is 0 Å². The average molecular weight is 459 g/mol.